The van der Waals surface area contributed by atoms with Crippen LogP contribution in [0.4, 0.5) is 17.1 Å². The third kappa shape index (κ3) is 4.98. The van der Waals surface area contributed by atoms with E-state index in [4.69, 9.17) is 8.83 Å². The van der Waals surface area contributed by atoms with E-state index in [0.29, 0.717) is 0 Å². The lowest BCUT2D eigenvalue weighted by Crippen LogP contribution is -2.14. The molecule has 0 saturated carbocycles. The van der Waals surface area contributed by atoms with E-state index >= 15 is 0 Å². The lowest BCUT2D eigenvalue weighted by molar-refractivity contribution is 0.660. The number of rotatable bonds is 5. The van der Waals surface area contributed by atoms with Crippen LogP contribution in [0.15, 0.2) is 197 Å². The molecule has 9 aromatic carbocycles. The molecule has 0 unspecified atom stereocenters. The van der Waals surface area contributed by atoms with Gasteiger partial charge in [0.2, 0.25) is 0 Å². The van der Waals surface area contributed by atoms with Crippen molar-refractivity contribution < 1.29 is 8.83 Å². The van der Waals surface area contributed by atoms with Gasteiger partial charge in [-0.1, -0.05) is 147 Å². The fourth-order valence-corrected chi connectivity index (χ4v) is 10.6. The Bertz CT molecular complexity index is 3600. The van der Waals surface area contributed by atoms with Gasteiger partial charge in [0.15, 0.2) is 0 Å². The molecular formula is C58H39NO2. The molecule has 11 aromatic rings. The number of hydrogen-bond acceptors (Lipinski definition) is 3. The molecule has 3 nitrogen and oxygen atoms in total. The molecule has 13 rings (SSSR count). The zero-order chi connectivity index (χ0) is 40.4. The summed E-state index contributed by atoms with van der Waals surface area (Å²) < 4.78 is 13.9. The highest BCUT2D eigenvalue weighted by atomic mass is 16.3. The predicted molar refractivity (Wildman–Crippen MR) is 252 cm³/mol. The molecule has 61 heavy (non-hydrogen) atoms. The van der Waals surface area contributed by atoms with Crippen molar-refractivity contribution >= 4 is 60.9 Å². The molecule has 0 radical (unpaired) electrons. The third-order valence-electron chi connectivity index (χ3n) is 13.5. The van der Waals surface area contributed by atoms with Gasteiger partial charge in [0, 0.05) is 56.4 Å². The minimum absolute atomic E-state index is 0.142. The summed E-state index contributed by atoms with van der Waals surface area (Å²) in [4.78, 5) is 2.42. The van der Waals surface area contributed by atoms with Crippen LogP contribution in [0.1, 0.15) is 36.1 Å². The quantitative estimate of drug-likeness (QED) is 0.174. The number of para-hydroxylation sites is 1. The lowest BCUT2D eigenvalue weighted by atomic mass is 9.81. The largest absolute Gasteiger partial charge is 0.456 e. The zero-order valence-corrected chi connectivity index (χ0v) is 33.9. The number of benzene rings is 9. The topological polar surface area (TPSA) is 29.5 Å². The number of furan rings is 2. The molecule has 2 aliphatic rings. The van der Waals surface area contributed by atoms with E-state index in [-0.39, 0.29) is 5.41 Å². The molecule has 0 spiro atoms. The first-order chi connectivity index (χ1) is 30.0. The Hall–Kier alpha value is -7.62. The van der Waals surface area contributed by atoms with Crippen molar-refractivity contribution in [3.05, 3.63) is 210 Å². The second-order valence-corrected chi connectivity index (χ2v) is 17.2. The number of fused-ring (bicyclic) bond motifs is 12. The highest BCUT2D eigenvalue weighted by Crippen LogP contribution is 2.53. The van der Waals surface area contributed by atoms with Crippen LogP contribution < -0.4 is 4.90 Å². The Labute approximate surface area is 353 Å². The van der Waals surface area contributed by atoms with Gasteiger partial charge in [-0.3, -0.25) is 0 Å². The summed E-state index contributed by atoms with van der Waals surface area (Å²) in [5.74, 6) is 0. The highest BCUT2D eigenvalue weighted by Gasteiger charge is 2.36. The Kier molecular flexibility index (Phi) is 7.13. The molecule has 288 valence electrons. The van der Waals surface area contributed by atoms with Gasteiger partial charge in [0.05, 0.1) is 5.69 Å². The molecule has 0 amide bonds. The molecule has 3 heteroatoms. The second kappa shape index (κ2) is 12.7. The van der Waals surface area contributed by atoms with Gasteiger partial charge in [-0.05, 0) is 110 Å². The first-order valence-electron chi connectivity index (χ1n) is 21.2. The summed E-state index contributed by atoms with van der Waals surface area (Å²) in [6.45, 7) is 4.69. The number of nitrogens with zero attached hydrogens (tertiary/aromatic N) is 1. The summed E-state index contributed by atoms with van der Waals surface area (Å²) >= 11 is 0. The van der Waals surface area contributed by atoms with Crippen molar-refractivity contribution in [1.29, 1.82) is 0 Å². The fraction of sp³-hybridized carbons (Fsp3) is 0.0690. The van der Waals surface area contributed by atoms with Gasteiger partial charge in [-0.25, -0.2) is 0 Å². The van der Waals surface area contributed by atoms with Crippen molar-refractivity contribution in [3.63, 3.8) is 0 Å². The first kappa shape index (κ1) is 34.3. The van der Waals surface area contributed by atoms with Crippen molar-refractivity contribution in [2.75, 3.05) is 4.90 Å². The van der Waals surface area contributed by atoms with E-state index in [1.165, 1.54) is 61.3 Å². The predicted octanol–water partition coefficient (Wildman–Crippen LogP) is 16.2. The average molecular weight is 782 g/mol. The number of hydrogen-bond donors (Lipinski definition) is 0. The van der Waals surface area contributed by atoms with Crippen LogP contribution in [0, 0.1) is 0 Å². The Morgan fingerprint density at radius 1 is 0.443 bits per heavy atom. The van der Waals surface area contributed by atoms with Crippen molar-refractivity contribution in [2.45, 2.75) is 25.7 Å². The maximum absolute atomic E-state index is 7.23. The molecular weight excluding hydrogens is 743 g/mol. The molecule has 0 atom stereocenters. The van der Waals surface area contributed by atoms with Crippen LogP contribution in [0.25, 0.3) is 88.4 Å². The maximum atomic E-state index is 7.23. The van der Waals surface area contributed by atoms with Crippen molar-refractivity contribution in [1.82, 2.24) is 0 Å². The average Bonchev–Trinajstić information content (AvgIpc) is 4.04. The normalized spacial score (nSPS) is 13.5. The second-order valence-electron chi connectivity index (χ2n) is 17.2. The van der Waals surface area contributed by atoms with Gasteiger partial charge in [-0.15, -0.1) is 0 Å². The third-order valence-corrected chi connectivity index (χ3v) is 13.5. The van der Waals surface area contributed by atoms with Gasteiger partial charge in [-0.2, -0.15) is 0 Å². The minimum atomic E-state index is -0.142. The van der Waals surface area contributed by atoms with E-state index in [2.05, 4.69) is 201 Å². The Morgan fingerprint density at radius 2 is 1.18 bits per heavy atom. The summed E-state index contributed by atoms with van der Waals surface area (Å²) in [6.07, 6.45) is 0.877. The van der Waals surface area contributed by atoms with E-state index in [1.807, 2.05) is 6.07 Å². The zero-order valence-electron chi connectivity index (χ0n) is 33.9. The smallest absolute Gasteiger partial charge is 0.144 e. The molecule has 2 heterocycles. The fourth-order valence-electron chi connectivity index (χ4n) is 10.6. The van der Waals surface area contributed by atoms with Crippen LogP contribution in [-0.4, -0.2) is 0 Å². The first-order valence-corrected chi connectivity index (χ1v) is 21.2. The van der Waals surface area contributed by atoms with Crippen molar-refractivity contribution in [2.24, 2.45) is 0 Å². The SMILES string of the molecule is CC1(C)c2ccccc2-c2ccc(-c3c4oc5cc(N(c6cccc(-c7ccccc7)c6)c6cccc7c6Cc6ccccc6-7)ccc5c4cc4oc5ccccc5c34)cc21. The van der Waals surface area contributed by atoms with Gasteiger partial charge in [0.1, 0.15) is 22.3 Å². The molecule has 0 fully saturated rings. The minimum Gasteiger partial charge on any atom is -0.456 e. The lowest BCUT2D eigenvalue weighted by Gasteiger charge is -2.28. The van der Waals surface area contributed by atoms with Gasteiger partial charge >= 0.3 is 0 Å². The Balaban J connectivity index is 1.04. The van der Waals surface area contributed by atoms with E-state index < -0.39 is 0 Å². The summed E-state index contributed by atoms with van der Waals surface area (Å²) in [6, 6.07) is 68.2. The Morgan fingerprint density at radius 3 is 2.10 bits per heavy atom. The van der Waals surface area contributed by atoms with Crippen LogP contribution >= 0.6 is 0 Å². The van der Waals surface area contributed by atoms with Crippen LogP contribution in [0.5, 0.6) is 0 Å². The van der Waals surface area contributed by atoms with E-state index in [9.17, 15) is 0 Å². The summed E-state index contributed by atoms with van der Waals surface area (Å²) in [7, 11) is 0. The summed E-state index contributed by atoms with van der Waals surface area (Å²) in [5.41, 5.74) is 21.7. The molecule has 2 aromatic heterocycles. The number of anilines is 3. The summed E-state index contributed by atoms with van der Waals surface area (Å²) in [5, 5.41) is 4.26. The molecule has 0 aliphatic heterocycles. The molecule has 2 aliphatic carbocycles. The molecule has 0 bridgehead atoms. The van der Waals surface area contributed by atoms with Crippen LogP contribution in [0.2, 0.25) is 0 Å². The highest BCUT2D eigenvalue weighted by molar-refractivity contribution is 6.23. The van der Waals surface area contributed by atoms with Gasteiger partial charge < -0.3 is 13.7 Å². The molecule has 0 saturated heterocycles. The van der Waals surface area contributed by atoms with E-state index in [1.54, 1.807) is 0 Å². The standard InChI is InChI=1S/C58H39NO2/c1-58(2)49-23-10-8-20-43(49)44-28-26-38(32-50(44)58)55-56-46-21-9-11-25-52(46)60-54(56)34-48-45-29-27-40(33-53(45)61-57(48)55)59(39-18-12-17-36(30-39)35-14-4-3-5-15-35)51-24-13-22-42-41-19-7-6-16-37(41)31-47(42)51/h3-30,32-34H,31H2,1-2H3. The van der Waals surface area contributed by atoms with E-state index in [0.717, 1.165) is 72.8 Å². The van der Waals surface area contributed by atoms with Gasteiger partial charge in [0.25, 0.3) is 0 Å². The van der Waals surface area contributed by atoms with Crippen molar-refractivity contribution in [3.8, 4) is 44.5 Å². The van der Waals surface area contributed by atoms with Crippen LogP contribution in [0.3, 0.4) is 0 Å². The monoisotopic (exact) mass is 781 g/mol. The molecule has 0 N–H and O–H groups in total. The van der Waals surface area contributed by atoms with Crippen LogP contribution in [-0.2, 0) is 11.8 Å². The maximum Gasteiger partial charge on any atom is 0.144 e.